The molecular formula is C25H31FN2O5. The van der Waals surface area contributed by atoms with Gasteiger partial charge in [-0.15, -0.1) is 0 Å². The molecule has 1 saturated heterocycles. The highest BCUT2D eigenvalue weighted by Crippen LogP contribution is 2.37. The molecule has 4 rings (SSSR count). The average Bonchev–Trinajstić information content (AvgIpc) is 3.07. The first kappa shape index (κ1) is 23.4. The number of likely N-dealkylation sites (tertiary alicyclic amines) is 1. The lowest BCUT2D eigenvalue weighted by Gasteiger charge is -2.34. The third-order valence-corrected chi connectivity index (χ3v) is 7.18. The molecule has 2 aliphatic carbocycles. The molecule has 0 spiro atoms. The normalized spacial score (nSPS) is 23.4. The zero-order valence-corrected chi connectivity index (χ0v) is 18.8. The van der Waals surface area contributed by atoms with E-state index in [1.54, 1.807) is 17.0 Å². The molecule has 1 aromatic carbocycles. The van der Waals surface area contributed by atoms with Crippen molar-refractivity contribution in [2.45, 2.75) is 70.4 Å². The van der Waals surface area contributed by atoms with E-state index >= 15 is 0 Å². The van der Waals surface area contributed by atoms with Crippen LogP contribution in [0.4, 0.5) is 4.39 Å². The number of ether oxygens (including phenoxy) is 1. The van der Waals surface area contributed by atoms with Crippen molar-refractivity contribution in [3.8, 4) is 0 Å². The Labute approximate surface area is 193 Å². The van der Waals surface area contributed by atoms with E-state index < -0.39 is 19.1 Å². The zero-order chi connectivity index (χ0) is 23.4. The summed E-state index contributed by atoms with van der Waals surface area (Å²) in [6, 6.07) is 6.06. The SMILES string of the molecule is O=C(CN1C(=O)C2CCCCC2C1=O)OCC(=O)N(Cc1ccc(F)cc1)C1CCCCC1. The van der Waals surface area contributed by atoms with Gasteiger partial charge < -0.3 is 9.64 Å². The number of rotatable bonds is 7. The van der Waals surface area contributed by atoms with E-state index in [1.165, 1.54) is 12.1 Å². The summed E-state index contributed by atoms with van der Waals surface area (Å²) in [6.07, 6.45) is 8.12. The van der Waals surface area contributed by atoms with Gasteiger partial charge in [0.05, 0.1) is 11.8 Å². The summed E-state index contributed by atoms with van der Waals surface area (Å²) >= 11 is 0. The quantitative estimate of drug-likeness (QED) is 0.463. The maximum Gasteiger partial charge on any atom is 0.326 e. The second-order valence-electron chi connectivity index (χ2n) is 9.36. The van der Waals surface area contributed by atoms with E-state index in [-0.39, 0.29) is 41.4 Å². The fourth-order valence-electron chi connectivity index (χ4n) is 5.39. The van der Waals surface area contributed by atoms with Gasteiger partial charge in [-0.25, -0.2) is 4.39 Å². The Morgan fingerprint density at radius 2 is 1.48 bits per heavy atom. The highest BCUT2D eigenvalue weighted by atomic mass is 19.1. The van der Waals surface area contributed by atoms with Gasteiger partial charge in [0.1, 0.15) is 12.4 Å². The lowest BCUT2D eigenvalue weighted by Crippen LogP contribution is -2.44. The zero-order valence-electron chi connectivity index (χ0n) is 18.8. The molecule has 1 aliphatic heterocycles. The highest BCUT2D eigenvalue weighted by molar-refractivity contribution is 6.07. The number of benzene rings is 1. The first-order valence-corrected chi connectivity index (χ1v) is 12.0. The van der Waals surface area contributed by atoms with Gasteiger partial charge in [-0.3, -0.25) is 24.1 Å². The minimum absolute atomic E-state index is 0.0415. The van der Waals surface area contributed by atoms with Crippen LogP contribution in [0.2, 0.25) is 0 Å². The molecule has 178 valence electrons. The Balaban J connectivity index is 1.35. The Morgan fingerprint density at radius 1 is 0.909 bits per heavy atom. The molecule has 0 bridgehead atoms. The van der Waals surface area contributed by atoms with Crippen LogP contribution in [0, 0.1) is 17.7 Å². The summed E-state index contributed by atoms with van der Waals surface area (Å²) in [4.78, 5) is 53.3. The lowest BCUT2D eigenvalue weighted by molar-refractivity contribution is -0.157. The molecule has 33 heavy (non-hydrogen) atoms. The second kappa shape index (κ2) is 10.4. The molecule has 8 heteroatoms. The van der Waals surface area contributed by atoms with Crippen LogP contribution in [0.3, 0.4) is 0 Å². The van der Waals surface area contributed by atoms with Crippen molar-refractivity contribution >= 4 is 23.7 Å². The molecule has 0 radical (unpaired) electrons. The van der Waals surface area contributed by atoms with E-state index in [0.717, 1.165) is 55.4 Å². The molecule has 2 saturated carbocycles. The van der Waals surface area contributed by atoms with E-state index in [4.69, 9.17) is 4.74 Å². The molecule has 2 unspecified atom stereocenters. The van der Waals surface area contributed by atoms with Crippen molar-refractivity contribution in [2.75, 3.05) is 13.2 Å². The van der Waals surface area contributed by atoms with Crippen LogP contribution in [0.15, 0.2) is 24.3 Å². The predicted molar refractivity (Wildman–Crippen MR) is 117 cm³/mol. The number of carbonyl (C=O) groups excluding carboxylic acids is 4. The van der Waals surface area contributed by atoms with Gasteiger partial charge in [0.15, 0.2) is 6.61 Å². The largest absolute Gasteiger partial charge is 0.454 e. The summed E-state index contributed by atoms with van der Waals surface area (Å²) in [6.45, 7) is -0.577. The first-order chi connectivity index (χ1) is 15.9. The number of fused-ring (bicyclic) bond motifs is 1. The standard InChI is InChI=1S/C25H31FN2O5/c26-18-12-10-17(11-13-18)14-27(19-6-2-1-3-7-19)22(29)16-33-23(30)15-28-24(31)20-8-4-5-9-21(20)25(28)32/h10-13,19-21H,1-9,14-16H2. The Morgan fingerprint density at radius 3 is 2.09 bits per heavy atom. The summed E-state index contributed by atoms with van der Waals surface area (Å²) in [5.41, 5.74) is 0.803. The number of amides is 3. The third kappa shape index (κ3) is 5.42. The van der Waals surface area contributed by atoms with Crippen LogP contribution < -0.4 is 0 Å². The Hall–Kier alpha value is -2.77. The van der Waals surface area contributed by atoms with Crippen molar-refractivity contribution in [1.82, 2.24) is 9.80 Å². The molecule has 3 fully saturated rings. The van der Waals surface area contributed by atoms with E-state index in [2.05, 4.69) is 0 Å². The minimum atomic E-state index is -0.755. The monoisotopic (exact) mass is 458 g/mol. The summed E-state index contributed by atoms with van der Waals surface area (Å²) in [5, 5.41) is 0. The second-order valence-corrected chi connectivity index (χ2v) is 9.36. The lowest BCUT2D eigenvalue weighted by atomic mass is 9.81. The predicted octanol–water partition coefficient (Wildman–Crippen LogP) is 3.21. The molecule has 3 amide bonds. The number of nitrogens with zero attached hydrogens (tertiary/aromatic N) is 2. The third-order valence-electron chi connectivity index (χ3n) is 7.18. The van der Waals surface area contributed by atoms with Gasteiger partial charge in [0.25, 0.3) is 5.91 Å². The van der Waals surface area contributed by atoms with Crippen molar-refractivity contribution in [1.29, 1.82) is 0 Å². The number of halogens is 1. The van der Waals surface area contributed by atoms with E-state index in [9.17, 15) is 23.6 Å². The maximum atomic E-state index is 13.3. The van der Waals surface area contributed by atoms with Gasteiger partial charge in [0, 0.05) is 12.6 Å². The molecule has 1 heterocycles. The smallest absolute Gasteiger partial charge is 0.326 e. The van der Waals surface area contributed by atoms with Crippen LogP contribution in [0.1, 0.15) is 63.4 Å². The first-order valence-electron chi connectivity index (χ1n) is 12.0. The molecule has 0 N–H and O–H groups in total. The van der Waals surface area contributed by atoms with Crippen LogP contribution in [0.5, 0.6) is 0 Å². The van der Waals surface area contributed by atoms with Crippen molar-refractivity contribution in [3.05, 3.63) is 35.6 Å². The molecule has 0 aromatic heterocycles. The molecule has 7 nitrogen and oxygen atoms in total. The summed E-state index contributed by atoms with van der Waals surface area (Å²) < 4.78 is 18.5. The van der Waals surface area contributed by atoms with Crippen molar-refractivity contribution < 1.29 is 28.3 Å². The summed E-state index contributed by atoms with van der Waals surface area (Å²) in [5.74, 6) is -2.66. The van der Waals surface area contributed by atoms with E-state index in [0.29, 0.717) is 19.4 Å². The van der Waals surface area contributed by atoms with Gasteiger partial charge >= 0.3 is 5.97 Å². The maximum absolute atomic E-state index is 13.3. The van der Waals surface area contributed by atoms with Crippen LogP contribution >= 0.6 is 0 Å². The van der Waals surface area contributed by atoms with Crippen LogP contribution in [-0.4, -0.2) is 52.7 Å². The van der Waals surface area contributed by atoms with Gasteiger partial charge in [0.2, 0.25) is 11.8 Å². The van der Waals surface area contributed by atoms with E-state index in [1.807, 2.05) is 0 Å². The number of imide groups is 1. The number of carbonyl (C=O) groups is 4. The minimum Gasteiger partial charge on any atom is -0.454 e. The number of hydrogen-bond donors (Lipinski definition) is 0. The van der Waals surface area contributed by atoms with Crippen LogP contribution in [-0.2, 0) is 30.5 Å². The number of esters is 1. The Bertz CT molecular complexity index is 873. The van der Waals surface area contributed by atoms with Gasteiger partial charge in [-0.05, 0) is 43.4 Å². The molecule has 1 aromatic rings. The average molecular weight is 459 g/mol. The van der Waals surface area contributed by atoms with Gasteiger partial charge in [-0.2, -0.15) is 0 Å². The van der Waals surface area contributed by atoms with Crippen molar-refractivity contribution in [2.24, 2.45) is 11.8 Å². The molecule has 2 atom stereocenters. The van der Waals surface area contributed by atoms with Gasteiger partial charge in [-0.1, -0.05) is 44.2 Å². The topological polar surface area (TPSA) is 84.0 Å². The number of hydrogen-bond acceptors (Lipinski definition) is 5. The highest BCUT2D eigenvalue weighted by Gasteiger charge is 2.48. The van der Waals surface area contributed by atoms with Crippen molar-refractivity contribution in [3.63, 3.8) is 0 Å². The fraction of sp³-hybridized carbons (Fsp3) is 0.600. The Kier molecular flexibility index (Phi) is 7.40. The summed E-state index contributed by atoms with van der Waals surface area (Å²) in [7, 11) is 0. The molecular weight excluding hydrogens is 427 g/mol. The fourth-order valence-corrected chi connectivity index (χ4v) is 5.39. The van der Waals surface area contributed by atoms with Crippen LogP contribution in [0.25, 0.3) is 0 Å². The molecule has 3 aliphatic rings.